The van der Waals surface area contributed by atoms with E-state index in [4.69, 9.17) is 4.42 Å². The lowest BCUT2D eigenvalue weighted by Gasteiger charge is -2.22. The van der Waals surface area contributed by atoms with E-state index in [1.54, 1.807) is 31.3 Å². The predicted molar refractivity (Wildman–Crippen MR) is 120 cm³/mol. The van der Waals surface area contributed by atoms with Gasteiger partial charge in [-0.3, -0.25) is 19.9 Å². The molecular formula is C24H19F2N5O3. The number of hydrogen-bond donors (Lipinski definition) is 1. The second kappa shape index (κ2) is 9.99. The van der Waals surface area contributed by atoms with Crippen molar-refractivity contribution in [3.63, 3.8) is 0 Å². The number of nitrogens with one attached hydrogen (secondary N) is 1. The van der Waals surface area contributed by atoms with Gasteiger partial charge in [-0.15, -0.1) is 10.2 Å². The Morgan fingerprint density at radius 1 is 1.06 bits per heavy atom. The minimum Gasteiger partial charge on any atom is -0.415 e. The lowest BCUT2D eigenvalue weighted by Crippen LogP contribution is -2.26. The Kier molecular flexibility index (Phi) is 6.67. The van der Waals surface area contributed by atoms with E-state index < -0.39 is 18.2 Å². The highest BCUT2D eigenvalue weighted by Gasteiger charge is 2.18. The third kappa shape index (κ3) is 4.96. The zero-order chi connectivity index (χ0) is 24.1. The summed E-state index contributed by atoms with van der Waals surface area (Å²) >= 11 is 0. The van der Waals surface area contributed by atoms with Crippen LogP contribution >= 0.6 is 0 Å². The number of pyridine rings is 1. The molecule has 10 heteroatoms. The van der Waals surface area contributed by atoms with Crippen LogP contribution in [-0.4, -0.2) is 34.5 Å². The fourth-order valence-corrected chi connectivity index (χ4v) is 3.40. The summed E-state index contributed by atoms with van der Waals surface area (Å²) in [6.07, 6.45) is -1.05. The van der Waals surface area contributed by atoms with Gasteiger partial charge in [0.25, 0.3) is 11.8 Å². The summed E-state index contributed by atoms with van der Waals surface area (Å²) < 4.78 is 30.3. The molecule has 0 radical (unpaired) electrons. The second-order valence-electron chi connectivity index (χ2n) is 7.33. The third-order valence-electron chi connectivity index (χ3n) is 5.05. The van der Waals surface area contributed by atoms with Crippen LogP contribution in [0, 0.1) is 0 Å². The molecule has 2 aromatic heterocycles. The molecule has 172 valence electrons. The molecule has 4 rings (SSSR count). The smallest absolute Gasteiger partial charge is 0.314 e. The average Bonchev–Trinajstić information content (AvgIpc) is 3.36. The first-order valence-electron chi connectivity index (χ1n) is 10.2. The number of carbonyl (C=O) groups excluding carboxylic acids is 2. The van der Waals surface area contributed by atoms with Gasteiger partial charge in [0.1, 0.15) is 0 Å². The van der Waals surface area contributed by atoms with Gasteiger partial charge in [-0.1, -0.05) is 36.4 Å². The summed E-state index contributed by atoms with van der Waals surface area (Å²) in [7, 11) is 1.79. The topological polar surface area (TPSA) is 101 Å². The zero-order valence-corrected chi connectivity index (χ0v) is 18.0. The van der Waals surface area contributed by atoms with Crippen molar-refractivity contribution in [3.05, 3.63) is 84.0 Å². The lowest BCUT2D eigenvalue weighted by atomic mass is 10.0. The Morgan fingerprint density at radius 3 is 2.47 bits per heavy atom. The van der Waals surface area contributed by atoms with Gasteiger partial charge in [-0.2, -0.15) is 8.78 Å². The lowest BCUT2D eigenvalue weighted by molar-refractivity contribution is -0.108. The number of rotatable bonds is 8. The van der Waals surface area contributed by atoms with E-state index in [0.29, 0.717) is 35.5 Å². The third-order valence-corrected chi connectivity index (χ3v) is 5.05. The Labute approximate surface area is 193 Å². The van der Waals surface area contributed by atoms with E-state index in [0.717, 1.165) is 11.1 Å². The highest BCUT2D eigenvalue weighted by atomic mass is 19.3. The van der Waals surface area contributed by atoms with E-state index in [1.165, 1.54) is 6.20 Å². The van der Waals surface area contributed by atoms with Crippen LogP contribution < -0.4 is 10.2 Å². The van der Waals surface area contributed by atoms with E-state index in [-0.39, 0.29) is 5.89 Å². The molecule has 2 heterocycles. The average molecular weight is 463 g/mol. The number of imide groups is 1. The van der Waals surface area contributed by atoms with E-state index in [9.17, 15) is 18.4 Å². The van der Waals surface area contributed by atoms with Crippen LogP contribution in [0.3, 0.4) is 0 Å². The number of carbonyl (C=O) groups is 2. The van der Waals surface area contributed by atoms with Gasteiger partial charge in [-0.05, 0) is 35.4 Å². The van der Waals surface area contributed by atoms with Crippen LogP contribution in [0.15, 0.2) is 71.3 Å². The summed E-state index contributed by atoms with van der Waals surface area (Å²) in [6, 6.07) is 18.3. The fraction of sp³-hybridized carbons (Fsp3) is 0.125. The first-order valence-corrected chi connectivity index (χ1v) is 10.2. The Hall–Kier alpha value is -4.47. The van der Waals surface area contributed by atoms with Crippen molar-refractivity contribution >= 4 is 18.0 Å². The van der Waals surface area contributed by atoms with Crippen LogP contribution in [0.4, 0.5) is 14.5 Å². The number of halogens is 2. The summed E-state index contributed by atoms with van der Waals surface area (Å²) in [5.74, 6) is -1.32. The highest BCUT2D eigenvalue weighted by molar-refractivity contribution is 6.05. The molecule has 0 aliphatic rings. The van der Waals surface area contributed by atoms with E-state index >= 15 is 0 Å². The van der Waals surface area contributed by atoms with Gasteiger partial charge in [0.15, 0.2) is 0 Å². The number of alkyl halides is 2. The zero-order valence-electron chi connectivity index (χ0n) is 18.0. The van der Waals surface area contributed by atoms with Crippen molar-refractivity contribution < 1.29 is 22.8 Å². The first kappa shape index (κ1) is 22.7. The van der Waals surface area contributed by atoms with E-state index in [2.05, 4.69) is 20.5 Å². The molecule has 8 nitrogen and oxygen atoms in total. The Bertz CT molecular complexity index is 1290. The van der Waals surface area contributed by atoms with Crippen LogP contribution in [0.5, 0.6) is 0 Å². The predicted octanol–water partition coefficient (Wildman–Crippen LogP) is 4.26. The summed E-state index contributed by atoms with van der Waals surface area (Å²) in [6.45, 7) is 0.332. The largest absolute Gasteiger partial charge is 0.415 e. The molecule has 1 N–H and O–H groups in total. The number of nitrogens with zero attached hydrogens (tertiary/aromatic N) is 4. The summed E-state index contributed by atoms with van der Waals surface area (Å²) in [5.41, 5.74) is 3.75. The second-order valence-corrected chi connectivity index (χ2v) is 7.33. The molecular weight excluding hydrogens is 444 g/mol. The minimum absolute atomic E-state index is 0.0491. The van der Waals surface area contributed by atoms with Crippen molar-refractivity contribution in [2.75, 3.05) is 11.9 Å². The molecule has 2 aromatic carbocycles. The van der Waals surface area contributed by atoms with Gasteiger partial charge in [0.2, 0.25) is 12.3 Å². The molecule has 0 fully saturated rings. The molecule has 0 aliphatic heterocycles. The minimum atomic E-state index is -2.85. The fourth-order valence-electron chi connectivity index (χ4n) is 3.40. The first-order chi connectivity index (χ1) is 16.5. The monoisotopic (exact) mass is 463 g/mol. The molecule has 0 saturated heterocycles. The molecule has 0 bridgehead atoms. The molecule has 0 aliphatic carbocycles. The number of anilines is 1. The van der Waals surface area contributed by atoms with Gasteiger partial charge in [0, 0.05) is 18.9 Å². The Morgan fingerprint density at radius 2 is 1.82 bits per heavy atom. The van der Waals surface area contributed by atoms with Crippen molar-refractivity contribution in [2.45, 2.75) is 13.0 Å². The maximum Gasteiger partial charge on any atom is 0.314 e. The number of aromatic nitrogens is 3. The van der Waals surface area contributed by atoms with Gasteiger partial charge in [0.05, 0.1) is 23.4 Å². The van der Waals surface area contributed by atoms with Crippen molar-refractivity contribution in [1.82, 2.24) is 20.5 Å². The number of amides is 2. The summed E-state index contributed by atoms with van der Waals surface area (Å²) in [5, 5.41) is 9.11. The normalized spacial score (nSPS) is 10.8. The quantitative estimate of drug-likeness (QED) is 0.390. The van der Waals surface area contributed by atoms with Crippen LogP contribution in [0.2, 0.25) is 0 Å². The maximum atomic E-state index is 12.7. The van der Waals surface area contributed by atoms with Crippen LogP contribution in [0.1, 0.15) is 28.4 Å². The molecule has 2 amide bonds. The van der Waals surface area contributed by atoms with Crippen molar-refractivity contribution in [3.8, 4) is 22.6 Å². The molecule has 0 saturated carbocycles. The highest BCUT2D eigenvalue weighted by Crippen LogP contribution is 2.28. The maximum absolute atomic E-state index is 12.7. The van der Waals surface area contributed by atoms with Gasteiger partial charge in [-0.25, -0.2) is 0 Å². The van der Waals surface area contributed by atoms with Crippen molar-refractivity contribution in [2.24, 2.45) is 0 Å². The number of hydrogen-bond acceptors (Lipinski definition) is 7. The summed E-state index contributed by atoms with van der Waals surface area (Å²) in [4.78, 5) is 29.6. The van der Waals surface area contributed by atoms with Crippen LogP contribution in [0.25, 0.3) is 22.6 Å². The van der Waals surface area contributed by atoms with Crippen LogP contribution in [-0.2, 0) is 11.3 Å². The number of benzene rings is 2. The molecule has 0 unspecified atom stereocenters. The molecule has 0 atom stereocenters. The SMILES string of the molecule is CN(Cc1ccc(-c2nnc(C(F)F)o2)cn1)c1ccc(-c2ccccc2)cc1C(=O)NC=O. The molecule has 0 spiro atoms. The standard InChI is InChI=1S/C24H19F2N5O3/c1-31(13-18-9-7-17(12-27-18)23-29-30-24(34-23)21(25)26)20-10-8-16(15-5-3-2-4-6-15)11-19(20)22(33)28-14-32/h2-12,14,21H,13H2,1H3,(H,28,32,33). The van der Waals surface area contributed by atoms with E-state index in [1.807, 2.05) is 41.3 Å². The van der Waals surface area contributed by atoms with Gasteiger partial charge < -0.3 is 9.32 Å². The molecule has 34 heavy (non-hydrogen) atoms. The van der Waals surface area contributed by atoms with Crippen molar-refractivity contribution in [1.29, 1.82) is 0 Å². The van der Waals surface area contributed by atoms with Gasteiger partial charge >= 0.3 is 6.43 Å². The molecule has 4 aromatic rings. The Balaban J connectivity index is 1.57.